The zero-order chi connectivity index (χ0) is 26.5. The van der Waals surface area contributed by atoms with E-state index in [9.17, 15) is 4.79 Å². The second kappa shape index (κ2) is 11.5. The van der Waals surface area contributed by atoms with Crippen molar-refractivity contribution in [3.63, 3.8) is 0 Å². The van der Waals surface area contributed by atoms with Crippen LogP contribution in [0.3, 0.4) is 0 Å². The van der Waals surface area contributed by atoms with E-state index < -0.39 is 0 Å². The number of hydrogen-bond acceptors (Lipinski definition) is 6. The average molecular weight is 508 g/mol. The first kappa shape index (κ1) is 25.5. The van der Waals surface area contributed by atoms with Crippen molar-refractivity contribution in [3.05, 3.63) is 117 Å². The number of aryl methyl sites for hydroxylation is 4. The molecule has 8 nitrogen and oxygen atoms in total. The Morgan fingerprint density at radius 3 is 2.58 bits per heavy atom. The van der Waals surface area contributed by atoms with E-state index in [0.717, 1.165) is 46.3 Å². The molecule has 1 N–H and O–H groups in total. The Kier molecular flexibility index (Phi) is 7.70. The normalized spacial score (nSPS) is 12.3. The lowest BCUT2D eigenvalue weighted by atomic mass is 10.0. The van der Waals surface area contributed by atoms with Gasteiger partial charge in [0, 0.05) is 37.6 Å². The van der Waals surface area contributed by atoms with Crippen LogP contribution < -0.4 is 5.56 Å². The molecule has 0 amide bonds. The highest BCUT2D eigenvalue weighted by Gasteiger charge is 2.26. The Balaban J connectivity index is 1.48. The third-order valence-corrected chi connectivity index (χ3v) is 7.25. The molecule has 194 valence electrons. The van der Waals surface area contributed by atoms with Gasteiger partial charge in [-0.3, -0.25) is 14.7 Å². The van der Waals surface area contributed by atoms with Crippen molar-refractivity contribution in [1.82, 2.24) is 35.1 Å². The monoisotopic (exact) mass is 507 g/mol. The van der Waals surface area contributed by atoms with Gasteiger partial charge in [0.05, 0.1) is 11.6 Å². The number of hydrogen-bond donors (Lipinski definition) is 1. The van der Waals surface area contributed by atoms with Crippen molar-refractivity contribution < 1.29 is 0 Å². The van der Waals surface area contributed by atoms with Crippen LogP contribution in [-0.4, -0.2) is 35.1 Å². The summed E-state index contributed by atoms with van der Waals surface area (Å²) in [6, 6.07) is 20.4. The standard InChI is InChI=1S/C30H33N7O/c1-4-27(29-33-34-35-37(29)16-14-23-9-6-5-7-10-23)36(19-24-11-8-15-31-18-24)20-26-17-25-13-12-21(2)22(3)28(25)32-30(26)38/h5-13,15,17-18,27H,4,14,16,19-20H2,1-3H3,(H,32,38)/t27-/m0/s1. The molecule has 5 aromatic rings. The molecule has 0 aliphatic carbocycles. The molecule has 0 spiro atoms. The van der Waals surface area contributed by atoms with Gasteiger partial charge in [0.25, 0.3) is 5.56 Å². The summed E-state index contributed by atoms with van der Waals surface area (Å²) in [5, 5.41) is 13.8. The number of fused-ring (bicyclic) bond motifs is 1. The van der Waals surface area contributed by atoms with Gasteiger partial charge in [-0.25, -0.2) is 4.68 Å². The number of nitrogens with zero attached hydrogens (tertiary/aromatic N) is 6. The smallest absolute Gasteiger partial charge is 0.252 e. The molecule has 0 saturated heterocycles. The number of nitrogens with one attached hydrogen (secondary N) is 1. The van der Waals surface area contributed by atoms with Crippen LogP contribution in [0, 0.1) is 13.8 Å². The summed E-state index contributed by atoms with van der Waals surface area (Å²) in [6.07, 6.45) is 5.26. The first-order valence-corrected chi connectivity index (χ1v) is 13.1. The van der Waals surface area contributed by atoms with E-state index in [1.807, 2.05) is 48.1 Å². The first-order valence-electron chi connectivity index (χ1n) is 13.1. The van der Waals surface area contributed by atoms with E-state index in [1.54, 1.807) is 6.20 Å². The van der Waals surface area contributed by atoms with Crippen molar-refractivity contribution in [2.75, 3.05) is 0 Å². The fourth-order valence-electron chi connectivity index (χ4n) is 5.00. The van der Waals surface area contributed by atoms with E-state index in [2.05, 4.69) is 74.6 Å². The topological polar surface area (TPSA) is 92.6 Å². The molecule has 3 heterocycles. The van der Waals surface area contributed by atoms with Crippen LogP contribution >= 0.6 is 0 Å². The molecule has 38 heavy (non-hydrogen) atoms. The Morgan fingerprint density at radius 1 is 1.00 bits per heavy atom. The highest BCUT2D eigenvalue weighted by molar-refractivity contribution is 5.83. The zero-order valence-electron chi connectivity index (χ0n) is 22.1. The predicted octanol–water partition coefficient (Wildman–Crippen LogP) is 4.92. The second-order valence-corrected chi connectivity index (χ2v) is 9.78. The fraction of sp³-hybridized carbons (Fsp3) is 0.300. The Morgan fingerprint density at radius 2 is 1.82 bits per heavy atom. The maximum Gasteiger partial charge on any atom is 0.252 e. The quantitative estimate of drug-likeness (QED) is 0.288. The number of pyridine rings is 2. The van der Waals surface area contributed by atoms with Crippen molar-refractivity contribution in [2.24, 2.45) is 0 Å². The highest BCUT2D eigenvalue weighted by atomic mass is 16.1. The van der Waals surface area contributed by atoms with E-state index in [0.29, 0.717) is 25.2 Å². The lowest BCUT2D eigenvalue weighted by molar-refractivity contribution is 0.160. The van der Waals surface area contributed by atoms with E-state index in [4.69, 9.17) is 0 Å². The predicted molar refractivity (Wildman–Crippen MR) is 149 cm³/mol. The molecule has 3 aromatic heterocycles. The summed E-state index contributed by atoms with van der Waals surface area (Å²) in [7, 11) is 0. The molecule has 0 aliphatic rings. The van der Waals surface area contributed by atoms with E-state index in [-0.39, 0.29) is 11.6 Å². The van der Waals surface area contributed by atoms with Crippen LogP contribution in [0.4, 0.5) is 0 Å². The molecule has 0 fully saturated rings. The molecule has 8 heteroatoms. The molecule has 0 aliphatic heterocycles. The van der Waals surface area contributed by atoms with E-state index >= 15 is 0 Å². The zero-order valence-corrected chi connectivity index (χ0v) is 22.1. The molecule has 0 bridgehead atoms. The average Bonchev–Trinajstić information content (AvgIpc) is 3.40. The van der Waals surface area contributed by atoms with Gasteiger partial charge in [-0.1, -0.05) is 55.5 Å². The SMILES string of the molecule is CC[C@@H](c1nnnn1CCc1ccccc1)N(Cc1cccnc1)Cc1cc2ccc(C)c(C)c2[nH]c1=O. The summed E-state index contributed by atoms with van der Waals surface area (Å²) in [5.74, 6) is 0.802. The van der Waals surface area contributed by atoms with Gasteiger partial charge in [-0.15, -0.1) is 5.10 Å². The van der Waals surface area contributed by atoms with Crippen molar-refractivity contribution in [1.29, 1.82) is 0 Å². The summed E-state index contributed by atoms with van der Waals surface area (Å²) in [4.78, 5) is 23.0. The summed E-state index contributed by atoms with van der Waals surface area (Å²) in [6.45, 7) is 7.99. The van der Waals surface area contributed by atoms with E-state index in [1.165, 1.54) is 5.56 Å². The van der Waals surface area contributed by atoms with Crippen molar-refractivity contribution in [3.8, 4) is 0 Å². The molecular weight excluding hydrogens is 474 g/mol. The lowest BCUT2D eigenvalue weighted by Gasteiger charge is -2.30. The molecule has 1 atom stereocenters. The van der Waals surface area contributed by atoms with Gasteiger partial charge >= 0.3 is 0 Å². The number of tetrazole rings is 1. The molecule has 0 radical (unpaired) electrons. The van der Waals surface area contributed by atoms with Crippen LogP contribution in [-0.2, 0) is 26.1 Å². The number of rotatable bonds is 10. The third-order valence-electron chi connectivity index (χ3n) is 7.25. The van der Waals surface area contributed by atoms with Crippen LogP contribution in [0.15, 0.2) is 77.9 Å². The number of aromatic amines is 1. The van der Waals surface area contributed by atoms with Crippen LogP contribution in [0.1, 0.15) is 53.0 Å². The summed E-state index contributed by atoms with van der Waals surface area (Å²) >= 11 is 0. The summed E-state index contributed by atoms with van der Waals surface area (Å²) < 4.78 is 1.90. The van der Waals surface area contributed by atoms with Gasteiger partial charge in [0.2, 0.25) is 0 Å². The number of benzene rings is 2. The van der Waals surface area contributed by atoms with Crippen LogP contribution in [0.25, 0.3) is 10.9 Å². The Hall–Kier alpha value is -4.17. The Labute approximate surface area is 222 Å². The minimum Gasteiger partial charge on any atom is -0.321 e. The third kappa shape index (κ3) is 5.55. The Bertz CT molecular complexity index is 1560. The molecular formula is C30H33N7O. The summed E-state index contributed by atoms with van der Waals surface area (Å²) in [5.41, 5.74) is 6.11. The lowest BCUT2D eigenvalue weighted by Crippen LogP contribution is -2.32. The van der Waals surface area contributed by atoms with Gasteiger partial charge < -0.3 is 4.98 Å². The van der Waals surface area contributed by atoms with Gasteiger partial charge in [0.1, 0.15) is 0 Å². The second-order valence-electron chi connectivity index (χ2n) is 9.78. The highest BCUT2D eigenvalue weighted by Crippen LogP contribution is 2.27. The van der Waals surface area contributed by atoms with Crippen LogP contribution in [0.5, 0.6) is 0 Å². The number of aromatic nitrogens is 6. The molecule has 5 rings (SSSR count). The molecule has 0 saturated carbocycles. The largest absolute Gasteiger partial charge is 0.321 e. The maximum atomic E-state index is 13.3. The van der Waals surface area contributed by atoms with Gasteiger partial charge in [0.15, 0.2) is 5.82 Å². The van der Waals surface area contributed by atoms with Crippen molar-refractivity contribution >= 4 is 10.9 Å². The first-order chi connectivity index (χ1) is 18.5. The fourth-order valence-corrected chi connectivity index (χ4v) is 5.00. The van der Waals surface area contributed by atoms with Crippen molar-refractivity contribution in [2.45, 2.75) is 59.3 Å². The maximum absolute atomic E-state index is 13.3. The molecule has 2 aromatic carbocycles. The minimum atomic E-state index is -0.0872. The number of H-pyrrole nitrogens is 1. The minimum absolute atomic E-state index is 0.0686. The van der Waals surface area contributed by atoms with Gasteiger partial charge in [-0.05, 0) is 76.9 Å². The van der Waals surface area contributed by atoms with Gasteiger partial charge in [-0.2, -0.15) is 0 Å². The van der Waals surface area contributed by atoms with Crippen LogP contribution in [0.2, 0.25) is 0 Å². The molecule has 0 unspecified atom stereocenters.